The molecule has 3 heteroatoms. The van der Waals surface area contributed by atoms with Gasteiger partial charge in [0, 0.05) is 11.4 Å². The van der Waals surface area contributed by atoms with Crippen LogP contribution in [-0.2, 0) is 12.8 Å². The molecule has 3 nitrogen and oxygen atoms in total. The monoisotopic (exact) mass is 359 g/mol. The van der Waals surface area contributed by atoms with E-state index in [1.165, 1.54) is 17.7 Å². The summed E-state index contributed by atoms with van der Waals surface area (Å²) in [4.78, 5) is 11.5. The Morgan fingerprint density at radius 1 is 1.07 bits per heavy atom. The Morgan fingerprint density at radius 2 is 1.85 bits per heavy atom. The number of nitrogens with zero attached hydrogens (tertiary/aromatic N) is 1. The number of fused-ring (bicyclic) bond motifs is 1. The van der Waals surface area contributed by atoms with Crippen molar-refractivity contribution in [3.63, 3.8) is 0 Å². The van der Waals surface area contributed by atoms with Crippen molar-refractivity contribution in [2.75, 3.05) is 0 Å². The van der Waals surface area contributed by atoms with Crippen molar-refractivity contribution in [1.29, 1.82) is 0 Å². The molecule has 3 aromatic rings. The molecule has 0 fully saturated rings. The highest BCUT2D eigenvalue weighted by atomic mass is 16.4. The lowest BCUT2D eigenvalue weighted by molar-refractivity contribution is 0.0697. The van der Waals surface area contributed by atoms with E-state index in [2.05, 4.69) is 48.7 Å². The zero-order chi connectivity index (χ0) is 19.0. The van der Waals surface area contributed by atoms with Gasteiger partial charge in [-0.25, -0.2) is 4.79 Å². The molecule has 1 N–H and O–H groups in total. The van der Waals surface area contributed by atoms with E-state index in [0.29, 0.717) is 17.4 Å². The van der Waals surface area contributed by atoms with E-state index in [1.54, 1.807) is 12.1 Å². The van der Waals surface area contributed by atoms with Gasteiger partial charge >= 0.3 is 5.97 Å². The zero-order valence-electron chi connectivity index (χ0n) is 15.9. The van der Waals surface area contributed by atoms with Crippen molar-refractivity contribution in [2.24, 2.45) is 11.8 Å². The number of hydrogen-bond acceptors (Lipinski definition) is 1. The summed E-state index contributed by atoms with van der Waals surface area (Å²) in [6, 6.07) is 20.0. The molecule has 1 aromatic heterocycles. The average Bonchev–Trinajstić information content (AvgIpc) is 3.07. The average molecular weight is 359 g/mol. The van der Waals surface area contributed by atoms with Gasteiger partial charge in [-0.3, -0.25) is 0 Å². The molecule has 0 aliphatic heterocycles. The van der Waals surface area contributed by atoms with Crippen molar-refractivity contribution >= 4 is 5.97 Å². The fourth-order valence-electron chi connectivity index (χ4n) is 4.22. The molecule has 1 atom stereocenters. The molecule has 1 aliphatic rings. The lowest BCUT2D eigenvalue weighted by atomic mass is 9.81. The van der Waals surface area contributed by atoms with Gasteiger partial charge in [-0.05, 0) is 66.5 Å². The molecule has 0 saturated carbocycles. The lowest BCUT2D eigenvalue weighted by Gasteiger charge is -2.27. The second-order valence-corrected chi connectivity index (χ2v) is 7.81. The van der Waals surface area contributed by atoms with Gasteiger partial charge in [-0.2, -0.15) is 0 Å². The first kappa shape index (κ1) is 17.6. The number of benzene rings is 2. The number of aromatic nitrogens is 1. The third-order valence-electron chi connectivity index (χ3n) is 5.79. The Morgan fingerprint density at radius 3 is 2.56 bits per heavy atom. The highest BCUT2D eigenvalue weighted by Gasteiger charge is 2.26. The number of carbonyl (C=O) groups is 1. The van der Waals surface area contributed by atoms with E-state index < -0.39 is 5.97 Å². The molecule has 0 bridgehead atoms. The first-order valence-corrected chi connectivity index (χ1v) is 9.67. The standard InChI is InChI=1S/C24H25NO2/c1-16(2)18-11-12-22-20(13-18)15-23(17-7-4-3-5-8-17)25(22)21-10-6-9-19(14-21)24(26)27/h3-10,14-16,18H,11-13H2,1-2H3,(H,26,27). The first-order valence-electron chi connectivity index (χ1n) is 9.67. The van der Waals surface area contributed by atoms with Crippen molar-refractivity contribution in [2.45, 2.75) is 33.1 Å². The van der Waals surface area contributed by atoms with Crippen LogP contribution in [0.15, 0.2) is 60.7 Å². The molecule has 2 aromatic carbocycles. The van der Waals surface area contributed by atoms with Gasteiger partial charge in [0.05, 0.1) is 11.3 Å². The maximum absolute atomic E-state index is 11.5. The summed E-state index contributed by atoms with van der Waals surface area (Å²) >= 11 is 0. The summed E-state index contributed by atoms with van der Waals surface area (Å²) in [5, 5.41) is 9.42. The SMILES string of the molecule is CC(C)C1CCc2c(cc(-c3ccccc3)n2-c2cccc(C(=O)O)c2)C1. The van der Waals surface area contributed by atoms with Crippen LogP contribution in [0, 0.1) is 11.8 Å². The van der Waals surface area contributed by atoms with Gasteiger partial charge in [-0.15, -0.1) is 0 Å². The summed E-state index contributed by atoms with van der Waals surface area (Å²) in [6.45, 7) is 4.61. The van der Waals surface area contributed by atoms with Crippen LogP contribution in [0.4, 0.5) is 0 Å². The second kappa shape index (κ2) is 7.07. The molecule has 1 aliphatic carbocycles. The Hall–Kier alpha value is -2.81. The Labute approximate surface area is 160 Å². The van der Waals surface area contributed by atoms with Gasteiger partial charge in [0.2, 0.25) is 0 Å². The summed E-state index contributed by atoms with van der Waals surface area (Å²) in [5.74, 6) is 0.498. The van der Waals surface area contributed by atoms with Gasteiger partial charge in [0.15, 0.2) is 0 Å². The molecule has 0 spiro atoms. The van der Waals surface area contributed by atoms with Crippen LogP contribution in [0.1, 0.15) is 41.9 Å². The number of rotatable bonds is 4. The highest BCUT2D eigenvalue weighted by molar-refractivity contribution is 5.88. The number of carboxylic acid groups (broad SMARTS) is 1. The molecule has 0 radical (unpaired) electrons. The van der Waals surface area contributed by atoms with Crippen LogP contribution in [-0.4, -0.2) is 15.6 Å². The normalized spacial score (nSPS) is 16.3. The van der Waals surface area contributed by atoms with Gasteiger partial charge in [0.25, 0.3) is 0 Å². The predicted octanol–water partition coefficient (Wildman–Crippen LogP) is 5.60. The van der Waals surface area contributed by atoms with Crippen molar-refractivity contribution in [3.8, 4) is 16.9 Å². The fraction of sp³-hybridized carbons (Fsp3) is 0.292. The minimum atomic E-state index is -0.890. The smallest absolute Gasteiger partial charge is 0.335 e. The van der Waals surface area contributed by atoms with Crippen molar-refractivity contribution < 1.29 is 9.90 Å². The minimum absolute atomic E-state index is 0.324. The molecule has 4 rings (SSSR count). The Kier molecular flexibility index (Phi) is 4.61. The van der Waals surface area contributed by atoms with E-state index in [9.17, 15) is 9.90 Å². The van der Waals surface area contributed by atoms with Crippen LogP contribution in [0.3, 0.4) is 0 Å². The largest absolute Gasteiger partial charge is 0.478 e. The topological polar surface area (TPSA) is 42.2 Å². The van der Waals surface area contributed by atoms with Gasteiger partial charge < -0.3 is 9.67 Å². The van der Waals surface area contributed by atoms with E-state index in [4.69, 9.17) is 0 Å². The molecule has 1 unspecified atom stereocenters. The molecule has 0 saturated heterocycles. The van der Waals surface area contributed by atoms with Gasteiger partial charge in [0.1, 0.15) is 0 Å². The maximum atomic E-state index is 11.5. The Balaban J connectivity index is 1.89. The molecule has 1 heterocycles. The molecule has 138 valence electrons. The van der Waals surface area contributed by atoms with Crippen LogP contribution in [0.2, 0.25) is 0 Å². The van der Waals surface area contributed by atoms with Gasteiger partial charge in [-0.1, -0.05) is 50.2 Å². The third-order valence-corrected chi connectivity index (χ3v) is 5.79. The summed E-state index contributed by atoms with van der Waals surface area (Å²) in [5.41, 5.74) is 6.29. The van der Waals surface area contributed by atoms with E-state index in [1.807, 2.05) is 18.2 Å². The first-order chi connectivity index (χ1) is 13.0. The van der Waals surface area contributed by atoms with Crippen LogP contribution < -0.4 is 0 Å². The molecular weight excluding hydrogens is 334 g/mol. The second-order valence-electron chi connectivity index (χ2n) is 7.81. The maximum Gasteiger partial charge on any atom is 0.335 e. The number of aromatic carboxylic acids is 1. The van der Waals surface area contributed by atoms with Crippen LogP contribution in [0.5, 0.6) is 0 Å². The number of hydrogen-bond donors (Lipinski definition) is 1. The Bertz CT molecular complexity index is 969. The van der Waals surface area contributed by atoms with Crippen LogP contribution >= 0.6 is 0 Å². The highest BCUT2D eigenvalue weighted by Crippen LogP contribution is 2.37. The van der Waals surface area contributed by atoms with Crippen molar-refractivity contribution in [3.05, 3.63) is 77.5 Å². The third kappa shape index (κ3) is 3.30. The van der Waals surface area contributed by atoms with Crippen molar-refractivity contribution in [1.82, 2.24) is 4.57 Å². The summed E-state index contributed by atoms with van der Waals surface area (Å²) in [7, 11) is 0. The quantitative estimate of drug-likeness (QED) is 0.658. The summed E-state index contributed by atoms with van der Waals surface area (Å²) < 4.78 is 2.27. The van der Waals surface area contributed by atoms with E-state index in [0.717, 1.165) is 29.8 Å². The van der Waals surface area contributed by atoms with E-state index >= 15 is 0 Å². The molecule has 0 amide bonds. The fourth-order valence-corrected chi connectivity index (χ4v) is 4.22. The lowest BCUT2D eigenvalue weighted by Crippen LogP contribution is -2.20. The van der Waals surface area contributed by atoms with E-state index in [-0.39, 0.29) is 0 Å². The number of carboxylic acids is 1. The predicted molar refractivity (Wildman–Crippen MR) is 109 cm³/mol. The molecular formula is C24H25NO2. The molecule has 27 heavy (non-hydrogen) atoms. The van der Waals surface area contributed by atoms with Crippen LogP contribution in [0.25, 0.3) is 16.9 Å². The zero-order valence-corrected chi connectivity index (χ0v) is 15.9. The minimum Gasteiger partial charge on any atom is -0.478 e. The summed E-state index contributed by atoms with van der Waals surface area (Å²) in [6.07, 6.45) is 3.31.